The van der Waals surface area contributed by atoms with Crippen LogP contribution >= 0.6 is 0 Å². The summed E-state index contributed by atoms with van der Waals surface area (Å²) in [4.78, 5) is 11.0. The van der Waals surface area contributed by atoms with E-state index in [1.54, 1.807) is 13.8 Å². The fourth-order valence-corrected chi connectivity index (χ4v) is 2.26. The molecule has 1 rings (SSSR count). The monoisotopic (exact) mass is 273 g/mol. The lowest BCUT2D eigenvalue weighted by Crippen LogP contribution is -2.34. The van der Waals surface area contributed by atoms with Crippen molar-refractivity contribution in [3.05, 3.63) is 23.3 Å². The number of sulfonamides is 1. The van der Waals surface area contributed by atoms with Crippen LogP contribution in [-0.4, -0.2) is 20.9 Å². The molecule has 0 unspecified atom stereocenters. The van der Waals surface area contributed by atoms with Crippen molar-refractivity contribution in [2.24, 2.45) is 11.0 Å². The molecule has 0 aliphatic carbocycles. The van der Waals surface area contributed by atoms with Gasteiger partial charge in [0, 0.05) is 0 Å². The highest BCUT2D eigenvalue weighted by atomic mass is 32.2. The Kier molecular flexibility index (Phi) is 4.28. The van der Waals surface area contributed by atoms with Gasteiger partial charge in [-0.1, -0.05) is 0 Å². The molecule has 0 aromatic heterocycles. The van der Waals surface area contributed by atoms with Crippen molar-refractivity contribution in [2.45, 2.75) is 18.7 Å². The van der Waals surface area contributed by atoms with Crippen LogP contribution in [0.5, 0.6) is 5.75 Å². The van der Waals surface area contributed by atoms with Gasteiger partial charge >= 0.3 is 0 Å². The molecule has 1 amide bonds. The summed E-state index contributed by atoms with van der Waals surface area (Å²) in [6.07, 6.45) is 0. The van der Waals surface area contributed by atoms with Gasteiger partial charge in [-0.05, 0) is 37.1 Å². The summed E-state index contributed by atoms with van der Waals surface area (Å²) < 4.78 is 27.8. The maximum Gasteiger partial charge on any atom is 0.271 e. The topological polar surface area (TPSA) is 125 Å². The minimum Gasteiger partial charge on any atom is -0.483 e. The lowest BCUT2D eigenvalue weighted by Gasteiger charge is -2.11. The van der Waals surface area contributed by atoms with Crippen LogP contribution in [0.3, 0.4) is 0 Å². The number of hydrazine groups is 1. The molecule has 18 heavy (non-hydrogen) atoms. The number of hydrogen-bond donors (Lipinski definition) is 3. The fourth-order valence-electron chi connectivity index (χ4n) is 1.41. The van der Waals surface area contributed by atoms with E-state index in [1.165, 1.54) is 12.1 Å². The Morgan fingerprint density at radius 3 is 2.44 bits per heavy atom. The van der Waals surface area contributed by atoms with Crippen molar-refractivity contribution in [1.82, 2.24) is 5.43 Å². The molecule has 1 aromatic rings. The van der Waals surface area contributed by atoms with Crippen LogP contribution in [0.1, 0.15) is 11.1 Å². The first-order chi connectivity index (χ1) is 8.25. The number of nitrogens with one attached hydrogen (secondary N) is 1. The van der Waals surface area contributed by atoms with Gasteiger partial charge in [0.25, 0.3) is 5.91 Å². The largest absolute Gasteiger partial charge is 0.483 e. The third kappa shape index (κ3) is 3.42. The zero-order chi connectivity index (χ0) is 13.9. The fraction of sp³-hybridized carbons (Fsp3) is 0.300. The molecule has 100 valence electrons. The molecule has 7 nitrogen and oxygen atoms in total. The molecule has 0 aliphatic heterocycles. The van der Waals surface area contributed by atoms with Gasteiger partial charge in [0.2, 0.25) is 10.0 Å². The lowest BCUT2D eigenvalue weighted by molar-refractivity contribution is -0.123. The standard InChI is InChI=1S/C10H15N3O4S/c1-6-4-9(18(12,15)16)7(2)3-8(6)17-5-10(14)13-11/h3-4H,5,11H2,1-2H3,(H,13,14)(H2,12,15,16). The average molecular weight is 273 g/mol. The van der Waals surface area contributed by atoms with E-state index in [0.29, 0.717) is 16.9 Å². The number of primary sulfonamides is 1. The highest BCUT2D eigenvalue weighted by molar-refractivity contribution is 7.89. The number of carbonyl (C=O) groups excluding carboxylic acids is 1. The summed E-state index contributed by atoms with van der Waals surface area (Å²) in [6, 6.07) is 2.92. The highest BCUT2D eigenvalue weighted by Gasteiger charge is 2.14. The summed E-state index contributed by atoms with van der Waals surface area (Å²) in [5, 5.41) is 5.07. The van der Waals surface area contributed by atoms with E-state index in [-0.39, 0.29) is 11.5 Å². The Morgan fingerprint density at radius 1 is 1.33 bits per heavy atom. The van der Waals surface area contributed by atoms with E-state index in [2.05, 4.69) is 0 Å². The van der Waals surface area contributed by atoms with Crippen LogP contribution in [0.2, 0.25) is 0 Å². The van der Waals surface area contributed by atoms with E-state index < -0.39 is 15.9 Å². The van der Waals surface area contributed by atoms with Crippen LogP contribution in [-0.2, 0) is 14.8 Å². The van der Waals surface area contributed by atoms with Crippen LogP contribution < -0.4 is 21.1 Å². The average Bonchev–Trinajstić information content (AvgIpc) is 2.27. The van der Waals surface area contributed by atoms with E-state index in [4.69, 9.17) is 15.7 Å². The van der Waals surface area contributed by atoms with E-state index in [0.717, 1.165) is 0 Å². The number of ether oxygens (including phenoxy) is 1. The molecule has 1 aromatic carbocycles. The number of carbonyl (C=O) groups is 1. The molecule has 0 heterocycles. The first kappa shape index (κ1) is 14.4. The first-order valence-corrected chi connectivity index (χ1v) is 6.56. The number of rotatable bonds is 4. The van der Waals surface area contributed by atoms with Crippen LogP contribution in [0.25, 0.3) is 0 Å². The molecular weight excluding hydrogens is 258 g/mol. The predicted molar refractivity (Wildman–Crippen MR) is 65.1 cm³/mol. The van der Waals surface area contributed by atoms with Crippen molar-refractivity contribution in [3.8, 4) is 5.75 Å². The molecular formula is C10H15N3O4S. The molecule has 0 radical (unpaired) electrons. The normalized spacial score (nSPS) is 11.1. The molecule has 0 fully saturated rings. The predicted octanol–water partition coefficient (Wildman–Crippen LogP) is -0.680. The maximum absolute atomic E-state index is 11.3. The lowest BCUT2D eigenvalue weighted by atomic mass is 10.1. The Balaban J connectivity index is 3.05. The summed E-state index contributed by atoms with van der Waals surface area (Å²) in [6.45, 7) is 3.00. The number of benzene rings is 1. The van der Waals surface area contributed by atoms with Gasteiger partial charge in [0.1, 0.15) is 5.75 Å². The highest BCUT2D eigenvalue weighted by Crippen LogP contribution is 2.25. The van der Waals surface area contributed by atoms with Crippen molar-refractivity contribution in [1.29, 1.82) is 0 Å². The minimum atomic E-state index is -3.76. The van der Waals surface area contributed by atoms with Crippen LogP contribution in [0.15, 0.2) is 17.0 Å². The molecule has 0 atom stereocenters. The van der Waals surface area contributed by atoms with Crippen molar-refractivity contribution in [3.63, 3.8) is 0 Å². The smallest absolute Gasteiger partial charge is 0.271 e. The Bertz CT molecular complexity index is 569. The van der Waals surface area contributed by atoms with Crippen molar-refractivity contribution >= 4 is 15.9 Å². The van der Waals surface area contributed by atoms with E-state index >= 15 is 0 Å². The summed E-state index contributed by atoms with van der Waals surface area (Å²) in [5.74, 6) is 4.83. The summed E-state index contributed by atoms with van der Waals surface area (Å²) >= 11 is 0. The quantitative estimate of drug-likeness (QED) is 0.381. The molecule has 5 N–H and O–H groups in total. The third-order valence-electron chi connectivity index (χ3n) is 2.30. The second-order valence-electron chi connectivity index (χ2n) is 3.78. The SMILES string of the molecule is Cc1cc(S(N)(=O)=O)c(C)cc1OCC(=O)NN. The zero-order valence-corrected chi connectivity index (χ0v) is 10.9. The van der Waals surface area contributed by atoms with Gasteiger partial charge in [-0.25, -0.2) is 19.4 Å². The van der Waals surface area contributed by atoms with Gasteiger partial charge in [0.05, 0.1) is 4.90 Å². The molecule has 0 spiro atoms. The Hall–Kier alpha value is -1.64. The minimum absolute atomic E-state index is 0.0376. The molecule has 0 saturated heterocycles. The van der Waals surface area contributed by atoms with Gasteiger partial charge < -0.3 is 4.74 Å². The Morgan fingerprint density at radius 2 is 1.94 bits per heavy atom. The molecule has 0 bridgehead atoms. The number of aryl methyl sites for hydroxylation is 2. The summed E-state index contributed by atoms with van der Waals surface area (Å²) in [7, 11) is -3.76. The summed E-state index contributed by atoms with van der Waals surface area (Å²) in [5.41, 5.74) is 2.94. The van der Waals surface area contributed by atoms with Crippen LogP contribution in [0.4, 0.5) is 0 Å². The van der Waals surface area contributed by atoms with E-state index in [1.807, 2.05) is 5.43 Å². The molecule has 8 heteroatoms. The van der Waals surface area contributed by atoms with Crippen molar-refractivity contribution in [2.75, 3.05) is 6.61 Å². The number of nitrogens with two attached hydrogens (primary N) is 2. The Labute approximate surface area is 105 Å². The second-order valence-corrected chi connectivity index (χ2v) is 5.31. The van der Waals surface area contributed by atoms with E-state index in [9.17, 15) is 13.2 Å². The van der Waals surface area contributed by atoms with Gasteiger partial charge in [-0.2, -0.15) is 0 Å². The van der Waals surface area contributed by atoms with Crippen molar-refractivity contribution < 1.29 is 17.9 Å². The molecule has 0 aliphatic rings. The zero-order valence-electron chi connectivity index (χ0n) is 10.1. The number of hydrogen-bond acceptors (Lipinski definition) is 5. The van der Waals surface area contributed by atoms with Gasteiger partial charge in [-0.3, -0.25) is 10.2 Å². The third-order valence-corrected chi connectivity index (χ3v) is 3.35. The first-order valence-electron chi connectivity index (χ1n) is 5.02. The van der Waals surface area contributed by atoms with Gasteiger partial charge in [-0.15, -0.1) is 0 Å². The number of amides is 1. The van der Waals surface area contributed by atoms with Crippen LogP contribution in [0, 0.1) is 13.8 Å². The second kappa shape index (κ2) is 5.34. The molecule has 0 saturated carbocycles. The maximum atomic E-state index is 11.3. The van der Waals surface area contributed by atoms with Gasteiger partial charge in [0.15, 0.2) is 6.61 Å².